The Hall–Kier alpha value is -3.03. The van der Waals surface area contributed by atoms with Crippen molar-refractivity contribution >= 4 is 23.2 Å². The number of aromatic amines is 1. The molecular weight excluding hydrogens is 392 g/mol. The number of likely N-dealkylation sites (N-methyl/N-ethyl adjacent to an activating group) is 1. The molecule has 3 aromatic rings. The van der Waals surface area contributed by atoms with Gasteiger partial charge in [0.25, 0.3) is 0 Å². The second kappa shape index (κ2) is 9.45. The van der Waals surface area contributed by atoms with Crippen LogP contribution in [0.4, 0.5) is 5.69 Å². The molecule has 0 spiro atoms. The number of aromatic nitrogens is 2. The molecule has 1 amide bonds. The van der Waals surface area contributed by atoms with Crippen LogP contribution in [-0.2, 0) is 11.3 Å². The molecule has 1 heterocycles. The number of anilines is 1. The number of rotatable bonds is 8. The third-order valence-corrected chi connectivity index (χ3v) is 4.59. The topological polar surface area (TPSA) is 79.5 Å². The van der Waals surface area contributed by atoms with E-state index in [4.69, 9.17) is 21.1 Å². The van der Waals surface area contributed by atoms with E-state index in [9.17, 15) is 4.79 Å². The third-order valence-electron chi connectivity index (χ3n) is 4.29. The molecular formula is C21H23ClN4O3. The molecule has 152 valence electrons. The predicted molar refractivity (Wildman–Crippen MR) is 114 cm³/mol. The van der Waals surface area contributed by atoms with Gasteiger partial charge in [-0.3, -0.25) is 9.69 Å². The summed E-state index contributed by atoms with van der Waals surface area (Å²) in [7, 11) is 4.88. The zero-order chi connectivity index (χ0) is 20.8. The number of nitrogens with one attached hydrogen (secondary N) is 2. The molecule has 0 bridgehead atoms. The summed E-state index contributed by atoms with van der Waals surface area (Å²) in [6.45, 7) is 0.677. The van der Waals surface area contributed by atoms with Crippen LogP contribution in [0.2, 0.25) is 5.02 Å². The first-order chi connectivity index (χ1) is 14.0. The van der Waals surface area contributed by atoms with Crippen LogP contribution >= 0.6 is 11.6 Å². The normalized spacial score (nSPS) is 10.8. The maximum absolute atomic E-state index is 12.5. The van der Waals surface area contributed by atoms with Crippen molar-refractivity contribution in [2.75, 3.05) is 33.1 Å². The minimum absolute atomic E-state index is 0.176. The SMILES string of the molecule is COc1cc(NC(=O)CN(C)Cc2ncc(-c3ccccc3)[nH]2)c(OC)cc1Cl. The Morgan fingerprint density at radius 3 is 2.59 bits per heavy atom. The molecule has 0 aliphatic carbocycles. The summed E-state index contributed by atoms with van der Waals surface area (Å²) < 4.78 is 10.5. The second-order valence-corrected chi connectivity index (χ2v) is 6.92. The average molecular weight is 415 g/mol. The van der Waals surface area contributed by atoms with E-state index in [1.54, 1.807) is 18.3 Å². The lowest BCUT2D eigenvalue weighted by molar-refractivity contribution is -0.117. The van der Waals surface area contributed by atoms with Gasteiger partial charge in [0, 0.05) is 12.1 Å². The Kier molecular flexibility index (Phi) is 6.74. The summed E-state index contributed by atoms with van der Waals surface area (Å²) in [5.41, 5.74) is 2.50. The fourth-order valence-corrected chi connectivity index (χ4v) is 3.14. The van der Waals surface area contributed by atoms with Crippen LogP contribution in [-0.4, -0.2) is 48.6 Å². The predicted octanol–water partition coefficient (Wildman–Crippen LogP) is 3.82. The van der Waals surface area contributed by atoms with Crippen molar-refractivity contribution in [3.05, 3.63) is 59.5 Å². The lowest BCUT2D eigenvalue weighted by atomic mass is 10.2. The fraction of sp³-hybridized carbons (Fsp3) is 0.238. The van der Waals surface area contributed by atoms with Crippen LogP contribution in [0.25, 0.3) is 11.3 Å². The van der Waals surface area contributed by atoms with E-state index >= 15 is 0 Å². The van der Waals surface area contributed by atoms with Crippen LogP contribution in [0.1, 0.15) is 5.82 Å². The number of nitrogens with zero attached hydrogens (tertiary/aromatic N) is 2. The van der Waals surface area contributed by atoms with E-state index < -0.39 is 0 Å². The first kappa shape index (κ1) is 20.7. The lowest BCUT2D eigenvalue weighted by Gasteiger charge is -2.17. The van der Waals surface area contributed by atoms with Crippen molar-refractivity contribution in [2.24, 2.45) is 0 Å². The average Bonchev–Trinajstić information content (AvgIpc) is 3.17. The van der Waals surface area contributed by atoms with Crippen LogP contribution in [0, 0.1) is 0 Å². The largest absolute Gasteiger partial charge is 0.495 e. The van der Waals surface area contributed by atoms with E-state index in [2.05, 4.69) is 15.3 Å². The van der Waals surface area contributed by atoms with Crippen LogP contribution in [0.3, 0.4) is 0 Å². The maximum Gasteiger partial charge on any atom is 0.238 e. The number of carbonyl (C=O) groups excluding carboxylic acids is 1. The molecule has 0 aliphatic rings. The van der Waals surface area contributed by atoms with Gasteiger partial charge in [-0.2, -0.15) is 0 Å². The standard InChI is InChI=1S/C21H23ClN4O3/c1-26(12-20-23-11-17(24-20)14-7-5-4-6-8-14)13-21(27)25-16-10-18(28-2)15(22)9-19(16)29-3/h4-11H,12-13H2,1-3H3,(H,23,24)(H,25,27). The van der Waals surface area contributed by atoms with E-state index in [1.165, 1.54) is 14.2 Å². The summed E-state index contributed by atoms with van der Waals surface area (Å²) in [4.78, 5) is 22.0. The number of benzene rings is 2. The number of hydrogen-bond acceptors (Lipinski definition) is 5. The molecule has 0 aliphatic heterocycles. The van der Waals surface area contributed by atoms with Gasteiger partial charge in [-0.15, -0.1) is 0 Å². The highest BCUT2D eigenvalue weighted by molar-refractivity contribution is 6.32. The summed E-state index contributed by atoms with van der Waals surface area (Å²) in [6.07, 6.45) is 1.80. The summed E-state index contributed by atoms with van der Waals surface area (Å²) in [5, 5.41) is 3.25. The van der Waals surface area contributed by atoms with Crippen molar-refractivity contribution < 1.29 is 14.3 Å². The number of halogens is 1. The van der Waals surface area contributed by atoms with Crippen LogP contribution in [0.15, 0.2) is 48.7 Å². The van der Waals surface area contributed by atoms with E-state index in [1.807, 2.05) is 42.3 Å². The number of hydrogen-bond donors (Lipinski definition) is 2. The highest BCUT2D eigenvalue weighted by Crippen LogP contribution is 2.35. The number of imidazole rings is 1. The molecule has 1 aromatic heterocycles. The number of methoxy groups -OCH3 is 2. The summed E-state index contributed by atoms with van der Waals surface area (Å²) >= 11 is 6.10. The van der Waals surface area contributed by atoms with Crippen molar-refractivity contribution in [2.45, 2.75) is 6.54 Å². The fourth-order valence-electron chi connectivity index (χ4n) is 2.91. The van der Waals surface area contributed by atoms with Crippen molar-refractivity contribution in [3.8, 4) is 22.8 Å². The Morgan fingerprint density at radius 2 is 1.90 bits per heavy atom. The molecule has 0 saturated carbocycles. The van der Waals surface area contributed by atoms with Gasteiger partial charge in [0.1, 0.15) is 17.3 Å². The van der Waals surface area contributed by atoms with Crippen molar-refractivity contribution in [3.63, 3.8) is 0 Å². The van der Waals surface area contributed by atoms with Gasteiger partial charge in [0.05, 0.1) is 49.9 Å². The van der Waals surface area contributed by atoms with Gasteiger partial charge in [0.2, 0.25) is 5.91 Å². The Bertz CT molecular complexity index is 975. The van der Waals surface area contributed by atoms with Gasteiger partial charge >= 0.3 is 0 Å². The van der Waals surface area contributed by atoms with Gasteiger partial charge in [-0.05, 0) is 12.6 Å². The molecule has 29 heavy (non-hydrogen) atoms. The molecule has 3 rings (SSSR count). The van der Waals surface area contributed by atoms with E-state index in [0.717, 1.165) is 17.1 Å². The van der Waals surface area contributed by atoms with E-state index in [0.29, 0.717) is 28.8 Å². The zero-order valence-corrected chi connectivity index (χ0v) is 17.3. The Morgan fingerprint density at radius 1 is 1.17 bits per heavy atom. The van der Waals surface area contributed by atoms with E-state index in [-0.39, 0.29) is 12.5 Å². The number of H-pyrrole nitrogens is 1. The third kappa shape index (κ3) is 5.28. The molecule has 0 unspecified atom stereocenters. The first-order valence-corrected chi connectivity index (χ1v) is 9.37. The van der Waals surface area contributed by atoms with Gasteiger partial charge in [-0.25, -0.2) is 4.98 Å². The zero-order valence-electron chi connectivity index (χ0n) is 16.5. The molecule has 7 nitrogen and oxygen atoms in total. The smallest absolute Gasteiger partial charge is 0.238 e. The van der Waals surface area contributed by atoms with Crippen molar-refractivity contribution in [1.82, 2.24) is 14.9 Å². The minimum atomic E-state index is -0.190. The first-order valence-electron chi connectivity index (χ1n) is 8.99. The molecule has 2 aromatic carbocycles. The Labute approximate surface area is 174 Å². The quantitative estimate of drug-likeness (QED) is 0.585. The number of amides is 1. The highest BCUT2D eigenvalue weighted by Gasteiger charge is 2.15. The molecule has 0 saturated heterocycles. The maximum atomic E-state index is 12.5. The molecule has 8 heteroatoms. The Balaban J connectivity index is 1.61. The highest BCUT2D eigenvalue weighted by atomic mass is 35.5. The number of carbonyl (C=O) groups is 1. The summed E-state index contributed by atoms with van der Waals surface area (Å²) in [6, 6.07) is 13.2. The molecule has 0 atom stereocenters. The molecule has 2 N–H and O–H groups in total. The number of ether oxygens (including phenoxy) is 2. The lowest BCUT2D eigenvalue weighted by Crippen LogP contribution is -2.30. The van der Waals surface area contributed by atoms with Crippen LogP contribution < -0.4 is 14.8 Å². The van der Waals surface area contributed by atoms with Gasteiger partial charge < -0.3 is 19.8 Å². The van der Waals surface area contributed by atoms with Crippen LogP contribution in [0.5, 0.6) is 11.5 Å². The second-order valence-electron chi connectivity index (χ2n) is 6.52. The summed E-state index contributed by atoms with van der Waals surface area (Å²) in [5.74, 6) is 1.51. The van der Waals surface area contributed by atoms with Gasteiger partial charge in [-0.1, -0.05) is 41.9 Å². The minimum Gasteiger partial charge on any atom is -0.495 e. The van der Waals surface area contributed by atoms with Crippen molar-refractivity contribution in [1.29, 1.82) is 0 Å². The van der Waals surface area contributed by atoms with Gasteiger partial charge in [0.15, 0.2) is 0 Å². The molecule has 0 fully saturated rings. The molecule has 0 radical (unpaired) electrons. The monoisotopic (exact) mass is 414 g/mol.